The van der Waals surface area contributed by atoms with Gasteiger partial charge in [-0.1, -0.05) is 185 Å². The molecule has 0 radical (unpaired) electrons. The number of hydrogen-bond donors (Lipinski definition) is 1. The summed E-state index contributed by atoms with van der Waals surface area (Å²) in [6, 6.07) is 0. The molecule has 52 heavy (non-hydrogen) atoms. The summed E-state index contributed by atoms with van der Waals surface area (Å²) in [5.74, 6) is -0.594. The highest BCUT2D eigenvalue weighted by atomic mass is 16.6. The number of carbonyl (C=O) groups is 2. The van der Waals surface area contributed by atoms with Crippen molar-refractivity contribution in [3.63, 3.8) is 0 Å². The van der Waals surface area contributed by atoms with Crippen molar-refractivity contribution in [1.82, 2.24) is 0 Å². The Labute approximate surface area is 323 Å². The van der Waals surface area contributed by atoms with Gasteiger partial charge in [-0.25, -0.2) is 0 Å². The lowest BCUT2D eigenvalue weighted by Gasteiger charge is -2.15. The van der Waals surface area contributed by atoms with E-state index in [1.54, 1.807) is 0 Å². The van der Waals surface area contributed by atoms with E-state index in [4.69, 9.17) is 9.47 Å². The van der Waals surface area contributed by atoms with Crippen LogP contribution in [0.5, 0.6) is 0 Å². The lowest BCUT2D eigenvalue weighted by Crippen LogP contribution is -2.28. The molecule has 1 N–H and O–H groups in total. The molecule has 0 spiro atoms. The van der Waals surface area contributed by atoms with Crippen molar-refractivity contribution in [2.45, 2.75) is 238 Å². The Balaban J connectivity index is 3.52. The summed E-state index contributed by atoms with van der Waals surface area (Å²) in [6.07, 6.45) is 53.6. The van der Waals surface area contributed by atoms with Crippen LogP contribution < -0.4 is 0 Å². The Morgan fingerprint density at radius 3 is 1.19 bits per heavy atom. The second kappa shape index (κ2) is 43.5. The number of carbonyl (C=O) groups excluding carboxylic acids is 2. The maximum atomic E-state index is 12.2. The molecule has 0 aromatic carbocycles. The molecule has 0 fully saturated rings. The smallest absolute Gasteiger partial charge is 0.306 e. The Hall–Kier alpha value is -1.88. The molecule has 0 aromatic rings. The number of hydrogen-bond acceptors (Lipinski definition) is 5. The Morgan fingerprint density at radius 2 is 0.769 bits per heavy atom. The SMILES string of the molecule is CCCCCC=CCC=CCCCCCCCCCC(=O)OC[C@H](CO)OC(=O)CCCCCCCCCCCCCC=CCCCCCCCC. The van der Waals surface area contributed by atoms with Crippen LogP contribution in [0.3, 0.4) is 0 Å². The van der Waals surface area contributed by atoms with Crippen molar-refractivity contribution in [2.24, 2.45) is 0 Å². The average molecular weight is 731 g/mol. The Bertz CT molecular complexity index is 832. The molecule has 5 heteroatoms. The summed E-state index contributed by atoms with van der Waals surface area (Å²) >= 11 is 0. The lowest BCUT2D eigenvalue weighted by atomic mass is 10.0. The summed E-state index contributed by atoms with van der Waals surface area (Å²) in [5.41, 5.74) is 0. The molecule has 0 unspecified atom stereocenters. The van der Waals surface area contributed by atoms with Gasteiger partial charge in [0.2, 0.25) is 0 Å². The number of esters is 2. The van der Waals surface area contributed by atoms with Crippen LogP contribution in [0.4, 0.5) is 0 Å². The van der Waals surface area contributed by atoms with Gasteiger partial charge < -0.3 is 14.6 Å². The first-order chi connectivity index (χ1) is 25.6. The van der Waals surface area contributed by atoms with Crippen LogP contribution in [0.15, 0.2) is 36.5 Å². The molecular formula is C47H86O5. The summed E-state index contributed by atoms with van der Waals surface area (Å²) in [7, 11) is 0. The topological polar surface area (TPSA) is 72.8 Å². The largest absolute Gasteiger partial charge is 0.462 e. The van der Waals surface area contributed by atoms with E-state index in [9.17, 15) is 14.7 Å². The summed E-state index contributed by atoms with van der Waals surface area (Å²) in [5, 5.41) is 9.59. The maximum Gasteiger partial charge on any atom is 0.306 e. The van der Waals surface area contributed by atoms with Gasteiger partial charge in [0.05, 0.1) is 6.61 Å². The molecule has 0 heterocycles. The first-order valence-electron chi connectivity index (χ1n) is 22.5. The van der Waals surface area contributed by atoms with E-state index in [2.05, 4.69) is 50.3 Å². The molecule has 0 aromatic heterocycles. The predicted molar refractivity (Wildman–Crippen MR) is 224 cm³/mol. The zero-order valence-electron chi connectivity index (χ0n) is 34.6. The number of allylic oxidation sites excluding steroid dienone is 6. The second-order valence-electron chi connectivity index (χ2n) is 15.1. The van der Waals surface area contributed by atoms with Gasteiger partial charge in [0.25, 0.3) is 0 Å². The number of rotatable bonds is 41. The van der Waals surface area contributed by atoms with Gasteiger partial charge >= 0.3 is 11.9 Å². The van der Waals surface area contributed by atoms with Crippen molar-refractivity contribution in [1.29, 1.82) is 0 Å². The predicted octanol–water partition coefficient (Wildman–Crippen LogP) is 14.4. The quantitative estimate of drug-likeness (QED) is 0.0385. The van der Waals surface area contributed by atoms with Gasteiger partial charge in [-0.3, -0.25) is 9.59 Å². The van der Waals surface area contributed by atoms with E-state index in [-0.39, 0.29) is 25.2 Å². The number of unbranched alkanes of at least 4 members (excludes halogenated alkanes) is 27. The third kappa shape index (κ3) is 40.9. The fourth-order valence-corrected chi connectivity index (χ4v) is 6.46. The highest BCUT2D eigenvalue weighted by molar-refractivity contribution is 5.70. The van der Waals surface area contributed by atoms with Gasteiger partial charge in [0, 0.05) is 12.8 Å². The lowest BCUT2D eigenvalue weighted by molar-refractivity contribution is -0.161. The molecule has 0 amide bonds. The molecule has 0 aliphatic carbocycles. The zero-order chi connectivity index (χ0) is 37.8. The summed E-state index contributed by atoms with van der Waals surface area (Å²) in [6.45, 7) is 4.12. The Kier molecular flexibility index (Phi) is 42.0. The monoisotopic (exact) mass is 731 g/mol. The van der Waals surface area contributed by atoms with Crippen molar-refractivity contribution in [2.75, 3.05) is 13.2 Å². The van der Waals surface area contributed by atoms with Gasteiger partial charge in [-0.05, 0) is 70.6 Å². The number of aliphatic hydroxyl groups excluding tert-OH is 1. The van der Waals surface area contributed by atoms with E-state index in [0.717, 1.165) is 51.4 Å². The first-order valence-corrected chi connectivity index (χ1v) is 22.5. The van der Waals surface area contributed by atoms with E-state index in [0.29, 0.717) is 12.8 Å². The molecule has 0 saturated carbocycles. The van der Waals surface area contributed by atoms with Crippen LogP contribution in [0.1, 0.15) is 232 Å². The van der Waals surface area contributed by atoms with E-state index in [1.165, 1.54) is 154 Å². The van der Waals surface area contributed by atoms with Crippen molar-refractivity contribution < 1.29 is 24.2 Å². The minimum Gasteiger partial charge on any atom is -0.462 e. The van der Waals surface area contributed by atoms with Crippen LogP contribution in [-0.2, 0) is 19.1 Å². The fourth-order valence-electron chi connectivity index (χ4n) is 6.46. The molecule has 0 saturated heterocycles. The Morgan fingerprint density at radius 1 is 0.442 bits per heavy atom. The molecule has 0 aliphatic rings. The van der Waals surface area contributed by atoms with Gasteiger partial charge in [-0.2, -0.15) is 0 Å². The summed E-state index contributed by atoms with van der Waals surface area (Å²) < 4.78 is 10.6. The molecule has 0 rings (SSSR count). The van der Waals surface area contributed by atoms with Gasteiger partial charge in [0.1, 0.15) is 6.61 Å². The zero-order valence-corrected chi connectivity index (χ0v) is 34.6. The minimum atomic E-state index is -0.773. The third-order valence-corrected chi connectivity index (χ3v) is 9.91. The molecular weight excluding hydrogens is 645 g/mol. The van der Waals surface area contributed by atoms with Gasteiger partial charge in [0.15, 0.2) is 6.10 Å². The van der Waals surface area contributed by atoms with E-state index in [1.807, 2.05) is 0 Å². The van der Waals surface area contributed by atoms with Crippen LogP contribution in [-0.4, -0.2) is 36.4 Å². The second-order valence-corrected chi connectivity index (χ2v) is 15.1. The van der Waals surface area contributed by atoms with E-state index >= 15 is 0 Å². The van der Waals surface area contributed by atoms with Crippen LogP contribution in [0.2, 0.25) is 0 Å². The number of ether oxygens (including phenoxy) is 2. The van der Waals surface area contributed by atoms with Crippen molar-refractivity contribution in [3.05, 3.63) is 36.5 Å². The standard InChI is InChI=1S/C47H86O5/c1-3-5-7-9-11-13-15-17-19-21-22-23-24-26-28-30-32-34-36-38-40-42-47(50)52-45(43-48)44-51-46(49)41-39-37-35-33-31-29-27-25-20-18-16-14-12-10-8-6-4-2/h12,14,17-20,45,48H,3-11,13,15-16,21-44H2,1-2H3/t45-/m0/s1. The highest BCUT2D eigenvalue weighted by Gasteiger charge is 2.16. The third-order valence-electron chi connectivity index (χ3n) is 9.91. The average Bonchev–Trinajstić information content (AvgIpc) is 3.15. The van der Waals surface area contributed by atoms with Crippen LogP contribution in [0, 0.1) is 0 Å². The number of aliphatic hydroxyl groups is 1. The van der Waals surface area contributed by atoms with Gasteiger partial charge in [-0.15, -0.1) is 0 Å². The fraction of sp³-hybridized carbons (Fsp3) is 0.830. The highest BCUT2D eigenvalue weighted by Crippen LogP contribution is 2.15. The van der Waals surface area contributed by atoms with Crippen molar-refractivity contribution >= 4 is 11.9 Å². The summed E-state index contributed by atoms with van der Waals surface area (Å²) in [4.78, 5) is 24.3. The minimum absolute atomic E-state index is 0.0683. The van der Waals surface area contributed by atoms with Crippen molar-refractivity contribution in [3.8, 4) is 0 Å². The molecule has 0 aliphatic heterocycles. The van der Waals surface area contributed by atoms with E-state index < -0.39 is 6.10 Å². The molecule has 0 bridgehead atoms. The van der Waals surface area contributed by atoms with Crippen LogP contribution in [0.25, 0.3) is 0 Å². The maximum absolute atomic E-state index is 12.2. The molecule has 1 atom stereocenters. The van der Waals surface area contributed by atoms with Crippen LogP contribution >= 0.6 is 0 Å². The first kappa shape index (κ1) is 50.1. The molecule has 304 valence electrons. The molecule has 5 nitrogen and oxygen atoms in total. The normalized spacial score (nSPS) is 12.4.